The van der Waals surface area contributed by atoms with Gasteiger partial charge >= 0.3 is 0 Å². The van der Waals surface area contributed by atoms with Gasteiger partial charge in [-0.3, -0.25) is 9.59 Å². The van der Waals surface area contributed by atoms with Gasteiger partial charge in [-0.05, 0) is 65.2 Å². The summed E-state index contributed by atoms with van der Waals surface area (Å²) in [6.45, 7) is 1.22. The van der Waals surface area contributed by atoms with E-state index in [0.717, 1.165) is 11.1 Å². The van der Waals surface area contributed by atoms with Crippen molar-refractivity contribution in [3.8, 4) is 11.5 Å². The summed E-state index contributed by atoms with van der Waals surface area (Å²) >= 11 is 6.03. The van der Waals surface area contributed by atoms with Crippen LogP contribution < -0.4 is 14.8 Å². The number of methoxy groups -OCH3 is 1. The summed E-state index contributed by atoms with van der Waals surface area (Å²) in [4.78, 5) is 29.5. The second-order valence-corrected chi connectivity index (χ2v) is 13.2. The lowest BCUT2D eigenvalue weighted by atomic mass is 10.0. The van der Waals surface area contributed by atoms with Gasteiger partial charge in [-0.15, -0.1) is 0 Å². The number of amides is 2. The molecule has 12 heteroatoms. The lowest BCUT2D eigenvalue weighted by molar-refractivity contribution is -0.143. The number of sulfonamides is 1. The second-order valence-electron chi connectivity index (χ2n) is 10.8. The predicted molar refractivity (Wildman–Crippen MR) is 178 cm³/mol. The molecule has 0 aromatic heterocycles. The predicted octanol–water partition coefficient (Wildman–Crippen LogP) is 4.83. The molecule has 0 spiro atoms. The standard InChI is InChI=1S/C35H36ClN3O7S/c1-44-30-13-9-27(10-14-30)24-39(34(28-5-3-2-4-6-28)35(41)37-23-26-7-11-29(36)12-8-26)33(40)25-46-31-15-17-32(18-16-31)47(42,43)38-19-21-45-22-20-38/h2-18,34H,19-25H2,1H3,(H,37,41)/t34-/m1/s1. The van der Waals surface area contributed by atoms with Crippen molar-refractivity contribution in [3.05, 3.63) is 125 Å². The molecule has 5 rings (SSSR count). The number of morpholine rings is 1. The molecule has 10 nitrogen and oxygen atoms in total. The van der Waals surface area contributed by atoms with E-state index in [0.29, 0.717) is 35.3 Å². The Balaban J connectivity index is 1.37. The molecule has 1 fully saturated rings. The monoisotopic (exact) mass is 677 g/mol. The Labute approximate surface area is 279 Å². The molecular formula is C35H36ClN3O7S. The minimum absolute atomic E-state index is 0.108. The van der Waals surface area contributed by atoms with Crippen molar-refractivity contribution < 1.29 is 32.2 Å². The molecule has 4 aromatic carbocycles. The molecule has 246 valence electrons. The molecule has 4 aromatic rings. The normalized spacial score (nSPS) is 14.2. The zero-order valence-electron chi connectivity index (χ0n) is 25.9. The van der Waals surface area contributed by atoms with Crippen molar-refractivity contribution in [3.63, 3.8) is 0 Å². The third-order valence-electron chi connectivity index (χ3n) is 7.68. The van der Waals surface area contributed by atoms with Crippen LogP contribution in [0.5, 0.6) is 11.5 Å². The number of ether oxygens (including phenoxy) is 3. The van der Waals surface area contributed by atoms with Crippen LogP contribution in [-0.4, -0.2) is 69.5 Å². The molecule has 2 amide bonds. The van der Waals surface area contributed by atoms with Crippen molar-refractivity contribution in [2.45, 2.75) is 24.0 Å². The first-order valence-corrected chi connectivity index (χ1v) is 16.9. The number of rotatable bonds is 13. The summed E-state index contributed by atoms with van der Waals surface area (Å²) in [5, 5.41) is 3.56. The average Bonchev–Trinajstić information content (AvgIpc) is 3.11. The van der Waals surface area contributed by atoms with Gasteiger partial charge in [0.05, 0.1) is 25.2 Å². The van der Waals surface area contributed by atoms with Gasteiger partial charge in [0.15, 0.2) is 6.61 Å². The van der Waals surface area contributed by atoms with E-state index in [1.807, 2.05) is 42.5 Å². The Hall–Kier alpha value is -4.42. The van der Waals surface area contributed by atoms with Crippen molar-refractivity contribution in [1.29, 1.82) is 0 Å². The first kappa shape index (κ1) is 33.9. The molecule has 0 bridgehead atoms. The van der Waals surface area contributed by atoms with Gasteiger partial charge in [0.25, 0.3) is 5.91 Å². The van der Waals surface area contributed by atoms with Gasteiger partial charge in [0.1, 0.15) is 17.5 Å². The second kappa shape index (κ2) is 15.9. The minimum Gasteiger partial charge on any atom is -0.497 e. The number of hydrogen-bond donors (Lipinski definition) is 1. The molecule has 1 saturated heterocycles. The maximum Gasteiger partial charge on any atom is 0.261 e. The Morgan fingerprint density at radius 2 is 1.49 bits per heavy atom. The van der Waals surface area contributed by atoms with Gasteiger partial charge in [-0.1, -0.05) is 66.2 Å². The first-order chi connectivity index (χ1) is 22.7. The molecule has 1 heterocycles. The fourth-order valence-corrected chi connectivity index (χ4v) is 6.65. The van der Waals surface area contributed by atoms with E-state index in [1.165, 1.54) is 33.5 Å². The maximum absolute atomic E-state index is 14.0. The van der Waals surface area contributed by atoms with Crippen LogP contribution in [0.4, 0.5) is 0 Å². The molecule has 1 atom stereocenters. The lowest BCUT2D eigenvalue weighted by Crippen LogP contribution is -2.45. The molecule has 47 heavy (non-hydrogen) atoms. The SMILES string of the molecule is COc1ccc(CN(C(=O)COc2ccc(S(=O)(=O)N3CCOCC3)cc2)[C@@H](C(=O)NCc2ccc(Cl)cc2)c2ccccc2)cc1. The van der Waals surface area contributed by atoms with E-state index in [9.17, 15) is 18.0 Å². The quantitative estimate of drug-likeness (QED) is 0.216. The number of nitrogens with one attached hydrogen (secondary N) is 1. The number of nitrogens with zero attached hydrogens (tertiary/aromatic N) is 2. The molecule has 1 aliphatic heterocycles. The highest BCUT2D eigenvalue weighted by Gasteiger charge is 2.32. The molecule has 0 radical (unpaired) electrons. The third-order valence-corrected chi connectivity index (χ3v) is 9.85. The van der Waals surface area contributed by atoms with Gasteiger partial charge in [0.2, 0.25) is 15.9 Å². The van der Waals surface area contributed by atoms with E-state index in [1.54, 1.807) is 43.5 Å². The van der Waals surface area contributed by atoms with Crippen LogP contribution in [0.3, 0.4) is 0 Å². The highest BCUT2D eigenvalue weighted by molar-refractivity contribution is 7.89. The number of hydrogen-bond acceptors (Lipinski definition) is 7. The molecule has 0 saturated carbocycles. The summed E-state index contributed by atoms with van der Waals surface area (Å²) in [6.07, 6.45) is 0. The summed E-state index contributed by atoms with van der Waals surface area (Å²) in [5.41, 5.74) is 2.26. The summed E-state index contributed by atoms with van der Waals surface area (Å²) in [5.74, 6) is 0.161. The largest absolute Gasteiger partial charge is 0.497 e. The highest BCUT2D eigenvalue weighted by atomic mass is 35.5. The van der Waals surface area contributed by atoms with Crippen molar-refractivity contribution in [1.82, 2.24) is 14.5 Å². The first-order valence-electron chi connectivity index (χ1n) is 15.0. The maximum atomic E-state index is 14.0. The number of halogens is 1. The minimum atomic E-state index is -3.68. The van der Waals surface area contributed by atoms with Crippen LogP contribution in [0.2, 0.25) is 5.02 Å². The third kappa shape index (κ3) is 8.89. The van der Waals surface area contributed by atoms with E-state index < -0.39 is 22.0 Å². The summed E-state index contributed by atoms with van der Waals surface area (Å²) in [7, 11) is -2.11. The Kier molecular flexibility index (Phi) is 11.5. The van der Waals surface area contributed by atoms with Crippen molar-refractivity contribution in [2.24, 2.45) is 0 Å². The molecule has 0 unspecified atom stereocenters. The zero-order chi connectivity index (χ0) is 33.2. The number of carbonyl (C=O) groups excluding carboxylic acids is 2. The Morgan fingerprint density at radius 3 is 2.13 bits per heavy atom. The fraction of sp³-hybridized carbons (Fsp3) is 0.257. The van der Waals surface area contributed by atoms with Crippen molar-refractivity contribution in [2.75, 3.05) is 40.0 Å². The van der Waals surface area contributed by atoms with Gasteiger partial charge in [0, 0.05) is 31.2 Å². The highest BCUT2D eigenvalue weighted by Crippen LogP contribution is 2.26. The molecule has 1 N–H and O–H groups in total. The van der Waals surface area contributed by atoms with Crippen LogP contribution >= 0.6 is 11.6 Å². The molecular weight excluding hydrogens is 642 g/mol. The van der Waals surface area contributed by atoms with E-state index >= 15 is 0 Å². The summed E-state index contributed by atoms with van der Waals surface area (Å²) in [6, 6.07) is 28.4. The smallest absolute Gasteiger partial charge is 0.261 e. The van der Waals surface area contributed by atoms with Gasteiger partial charge in [-0.25, -0.2) is 8.42 Å². The summed E-state index contributed by atoms with van der Waals surface area (Å²) < 4.78 is 43.8. The van der Waals surface area contributed by atoms with Crippen LogP contribution in [0.1, 0.15) is 22.7 Å². The van der Waals surface area contributed by atoms with E-state index in [2.05, 4.69) is 5.32 Å². The van der Waals surface area contributed by atoms with E-state index in [4.69, 9.17) is 25.8 Å². The Bertz CT molecular complexity index is 1730. The van der Waals surface area contributed by atoms with Gasteiger partial charge < -0.3 is 24.4 Å². The van der Waals surface area contributed by atoms with Crippen LogP contribution in [0.25, 0.3) is 0 Å². The average molecular weight is 678 g/mol. The lowest BCUT2D eigenvalue weighted by Gasteiger charge is -2.31. The molecule has 1 aliphatic rings. The number of benzene rings is 4. The van der Waals surface area contributed by atoms with Gasteiger partial charge in [-0.2, -0.15) is 4.31 Å². The van der Waals surface area contributed by atoms with Crippen LogP contribution in [0.15, 0.2) is 108 Å². The topological polar surface area (TPSA) is 114 Å². The van der Waals surface area contributed by atoms with Crippen LogP contribution in [-0.2, 0) is 37.4 Å². The van der Waals surface area contributed by atoms with Crippen molar-refractivity contribution >= 4 is 33.4 Å². The zero-order valence-corrected chi connectivity index (χ0v) is 27.5. The fourth-order valence-electron chi connectivity index (χ4n) is 5.12. The van der Waals surface area contributed by atoms with E-state index in [-0.39, 0.29) is 43.6 Å². The van der Waals surface area contributed by atoms with Crippen LogP contribution in [0, 0.1) is 0 Å². The molecule has 0 aliphatic carbocycles. The number of carbonyl (C=O) groups is 2. The Morgan fingerprint density at radius 1 is 0.872 bits per heavy atom.